The minimum atomic E-state index is -0.241. The molecule has 1 N–H and O–H groups in total. The number of nitrogens with zero attached hydrogens (tertiary/aromatic N) is 2. The van der Waals surface area contributed by atoms with Crippen LogP contribution in [0.25, 0.3) is 0 Å². The van der Waals surface area contributed by atoms with E-state index in [1.54, 1.807) is 19.1 Å². The Morgan fingerprint density at radius 1 is 1.13 bits per heavy atom. The Labute approximate surface area is 176 Å². The van der Waals surface area contributed by atoms with Crippen LogP contribution in [0.2, 0.25) is 0 Å². The van der Waals surface area contributed by atoms with E-state index in [-0.39, 0.29) is 24.4 Å². The van der Waals surface area contributed by atoms with E-state index in [1.165, 1.54) is 0 Å². The molecule has 158 valence electrons. The van der Waals surface area contributed by atoms with Crippen molar-refractivity contribution in [3.05, 3.63) is 59.2 Å². The summed E-state index contributed by atoms with van der Waals surface area (Å²) in [5.41, 5.74) is 3.32. The Morgan fingerprint density at radius 3 is 2.67 bits per heavy atom. The third-order valence-corrected chi connectivity index (χ3v) is 4.76. The number of amides is 1. The maximum absolute atomic E-state index is 12.6. The molecular weight excluding hydrogens is 382 g/mol. The molecular formula is C23H27N3O4. The first-order valence-corrected chi connectivity index (χ1v) is 10.3. The van der Waals surface area contributed by atoms with Crippen LogP contribution in [0.15, 0.2) is 52.7 Å². The molecule has 30 heavy (non-hydrogen) atoms. The molecule has 1 aliphatic rings. The predicted octanol–water partition coefficient (Wildman–Crippen LogP) is 4.56. The lowest BCUT2D eigenvalue weighted by Gasteiger charge is -2.26. The predicted molar refractivity (Wildman–Crippen MR) is 114 cm³/mol. The first-order chi connectivity index (χ1) is 14.6. The van der Waals surface area contributed by atoms with E-state index in [4.69, 9.17) is 9.47 Å². The summed E-state index contributed by atoms with van der Waals surface area (Å²) in [6, 6.07) is 12.9. The number of hydrogen-bond donors (Lipinski definition) is 1. The topological polar surface area (TPSA) is 89.4 Å². The number of aryl methyl sites for hydroxylation is 1. The summed E-state index contributed by atoms with van der Waals surface area (Å²) in [6.45, 7) is 5.28. The maximum Gasteiger partial charge on any atom is 0.309 e. The van der Waals surface area contributed by atoms with E-state index >= 15 is 0 Å². The van der Waals surface area contributed by atoms with Gasteiger partial charge in [-0.15, -0.1) is 0 Å². The van der Waals surface area contributed by atoms with Crippen molar-refractivity contribution in [1.82, 2.24) is 0 Å². The summed E-state index contributed by atoms with van der Waals surface area (Å²) in [7, 11) is 0. The van der Waals surface area contributed by atoms with Gasteiger partial charge < -0.3 is 14.8 Å². The second kappa shape index (κ2) is 10.5. The van der Waals surface area contributed by atoms with Crippen LogP contribution in [0.4, 0.5) is 5.69 Å². The highest BCUT2D eigenvalue weighted by Crippen LogP contribution is 2.31. The lowest BCUT2D eigenvalue weighted by Crippen LogP contribution is -2.26. The summed E-state index contributed by atoms with van der Waals surface area (Å²) < 4.78 is 10.9. The zero-order valence-electron chi connectivity index (χ0n) is 17.4. The molecule has 1 heterocycles. The fourth-order valence-corrected chi connectivity index (χ4v) is 3.27. The van der Waals surface area contributed by atoms with Crippen LogP contribution < -0.4 is 10.1 Å². The fraction of sp³-hybridized carbons (Fsp3) is 0.391. The highest BCUT2D eigenvalue weighted by molar-refractivity contribution is 6.04. The number of carbonyl (C=O) groups is 2. The van der Waals surface area contributed by atoms with Crippen molar-refractivity contribution >= 4 is 17.6 Å². The van der Waals surface area contributed by atoms with Gasteiger partial charge in [0.2, 0.25) is 0 Å². The fourth-order valence-electron chi connectivity index (χ4n) is 3.27. The smallest absolute Gasteiger partial charge is 0.309 e. The molecule has 7 heteroatoms. The van der Waals surface area contributed by atoms with Crippen molar-refractivity contribution in [3.8, 4) is 5.75 Å². The average Bonchev–Trinajstić information content (AvgIpc) is 2.74. The van der Waals surface area contributed by atoms with Crippen LogP contribution in [-0.2, 0) is 22.5 Å². The van der Waals surface area contributed by atoms with Crippen molar-refractivity contribution in [1.29, 1.82) is 0 Å². The second-order valence-corrected chi connectivity index (χ2v) is 7.02. The number of fused-ring (bicyclic) bond motifs is 1. The molecule has 0 spiro atoms. The van der Waals surface area contributed by atoms with Gasteiger partial charge in [0.25, 0.3) is 5.91 Å². The van der Waals surface area contributed by atoms with Gasteiger partial charge in [-0.25, -0.2) is 0 Å². The molecule has 0 aliphatic carbocycles. The van der Waals surface area contributed by atoms with Gasteiger partial charge in [-0.05, 0) is 68.1 Å². The molecule has 0 saturated heterocycles. The largest absolute Gasteiger partial charge is 0.490 e. The normalized spacial score (nSPS) is 15.3. The molecule has 0 saturated carbocycles. The number of nitrogens with one attached hydrogen (secondary N) is 1. The highest BCUT2D eigenvalue weighted by atomic mass is 16.5. The van der Waals surface area contributed by atoms with Crippen molar-refractivity contribution in [2.75, 3.05) is 18.5 Å². The molecule has 0 fully saturated rings. The van der Waals surface area contributed by atoms with Gasteiger partial charge in [0.15, 0.2) is 0 Å². The minimum Gasteiger partial charge on any atom is -0.490 e. The minimum absolute atomic E-state index is 0.173. The molecule has 0 radical (unpaired) electrons. The van der Waals surface area contributed by atoms with E-state index in [9.17, 15) is 9.59 Å². The molecule has 1 unspecified atom stereocenters. The number of anilines is 1. The molecule has 1 amide bonds. The number of ether oxygens (including phenoxy) is 2. The standard InChI is InChI=1S/C23H27N3O4/c1-3-24-25-15-16-5-7-17(8-6-16)23(28)26-19-10-12-21-18(13-19)9-11-20(30-21)14-22(27)29-4-2/h5-8,10,12-13,20H,3-4,9,11,14-15H2,1-2H3,(H,26,28). The summed E-state index contributed by atoms with van der Waals surface area (Å²) in [5, 5.41) is 10.9. The highest BCUT2D eigenvalue weighted by Gasteiger charge is 2.23. The molecule has 1 atom stereocenters. The van der Waals surface area contributed by atoms with Crippen molar-refractivity contribution < 1.29 is 19.1 Å². The first-order valence-electron chi connectivity index (χ1n) is 10.3. The van der Waals surface area contributed by atoms with Crippen LogP contribution in [-0.4, -0.2) is 31.1 Å². The van der Waals surface area contributed by atoms with E-state index in [0.717, 1.165) is 29.7 Å². The number of azo groups is 1. The van der Waals surface area contributed by atoms with Crippen LogP contribution in [0.3, 0.4) is 0 Å². The lowest BCUT2D eigenvalue weighted by atomic mass is 10.00. The number of benzene rings is 2. The van der Waals surface area contributed by atoms with Crippen molar-refractivity contribution in [2.24, 2.45) is 10.2 Å². The van der Waals surface area contributed by atoms with Crippen LogP contribution in [0, 0.1) is 0 Å². The van der Waals surface area contributed by atoms with Gasteiger partial charge >= 0.3 is 5.97 Å². The van der Waals surface area contributed by atoms with Gasteiger partial charge in [-0.1, -0.05) is 12.1 Å². The third-order valence-electron chi connectivity index (χ3n) is 4.76. The second-order valence-electron chi connectivity index (χ2n) is 7.02. The van der Waals surface area contributed by atoms with Crippen molar-refractivity contribution in [2.45, 2.75) is 45.8 Å². The van der Waals surface area contributed by atoms with E-state index in [0.29, 0.717) is 30.9 Å². The van der Waals surface area contributed by atoms with Crippen molar-refractivity contribution in [3.63, 3.8) is 0 Å². The van der Waals surface area contributed by atoms with Crippen LogP contribution in [0.1, 0.15) is 48.2 Å². The van der Waals surface area contributed by atoms with E-state index in [2.05, 4.69) is 15.5 Å². The van der Waals surface area contributed by atoms with Gasteiger partial charge in [0.1, 0.15) is 11.9 Å². The number of esters is 1. The Balaban J connectivity index is 1.58. The quantitative estimate of drug-likeness (QED) is 0.511. The van der Waals surface area contributed by atoms with Gasteiger partial charge in [0.05, 0.1) is 26.1 Å². The zero-order valence-corrected chi connectivity index (χ0v) is 17.4. The zero-order chi connectivity index (χ0) is 21.3. The summed E-state index contributed by atoms with van der Waals surface area (Å²) in [6.07, 6.45) is 1.60. The Hall–Kier alpha value is -3.22. The van der Waals surface area contributed by atoms with E-state index < -0.39 is 0 Å². The lowest BCUT2D eigenvalue weighted by molar-refractivity contribution is -0.145. The maximum atomic E-state index is 12.6. The number of carbonyl (C=O) groups excluding carboxylic acids is 2. The van der Waals surface area contributed by atoms with Gasteiger partial charge in [0, 0.05) is 11.3 Å². The Morgan fingerprint density at radius 2 is 1.93 bits per heavy atom. The SMILES string of the molecule is CCN=NCc1ccc(C(=O)Nc2ccc3c(c2)CCC(CC(=O)OCC)O3)cc1. The summed E-state index contributed by atoms with van der Waals surface area (Å²) >= 11 is 0. The molecule has 0 bridgehead atoms. The molecule has 0 aromatic heterocycles. The van der Waals surface area contributed by atoms with Crippen LogP contribution >= 0.6 is 0 Å². The Bertz CT molecular complexity index is 909. The molecule has 1 aliphatic heterocycles. The van der Waals surface area contributed by atoms with Gasteiger partial charge in [-0.2, -0.15) is 10.2 Å². The summed E-state index contributed by atoms with van der Waals surface area (Å²) in [5.74, 6) is 0.335. The third kappa shape index (κ3) is 5.89. The summed E-state index contributed by atoms with van der Waals surface area (Å²) in [4.78, 5) is 24.2. The molecule has 2 aromatic rings. The average molecular weight is 409 g/mol. The van der Waals surface area contributed by atoms with E-state index in [1.807, 2.05) is 37.3 Å². The molecule has 3 rings (SSSR count). The molecule has 2 aromatic carbocycles. The number of rotatable bonds is 8. The van der Waals surface area contributed by atoms with Crippen LogP contribution in [0.5, 0.6) is 5.75 Å². The molecule has 7 nitrogen and oxygen atoms in total. The first kappa shape index (κ1) is 21.5. The monoisotopic (exact) mass is 409 g/mol. The van der Waals surface area contributed by atoms with Gasteiger partial charge in [-0.3, -0.25) is 9.59 Å². The Kier molecular flexibility index (Phi) is 7.54. The number of hydrogen-bond acceptors (Lipinski definition) is 6.